The molecule has 1 aromatic heterocycles. The fourth-order valence-electron chi connectivity index (χ4n) is 1.16. The molecule has 1 heterocycles. The molecule has 13 heavy (non-hydrogen) atoms. The van der Waals surface area contributed by atoms with Gasteiger partial charge in [0.15, 0.2) is 0 Å². The Balaban J connectivity index is 2.94. The normalized spacial score (nSPS) is 10.7. The molecule has 0 N–H and O–H groups in total. The average Bonchev–Trinajstić information content (AvgIpc) is 2.12. The van der Waals surface area contributed by atoms with Gasteiger partial charge in [-0.25, -0.2) is 4.98 Å². The molecular formula is C9H4BrCl2N. The van der Waals surface area contributed by atoms with Gasteiger partial charge in [-0.3, -0.25) is 0 Å². The Bertz CT molecular complexity index is 470. The fraction of sp³-hybridized carbons (Fsp3) is 0. The summed E-state index contributed by atoms with van der Waals surface area (Å²) in [5, 5.41) is 3.05. The highest BCUT2D eigenvalue weighted by Crippen LogP contribution is 2.33. The molecule has 0 amide bonds. The Morgan fingerprint density at radius 2 is 1.85 bits per heavy atom. The number of halogens is 3. The Hall–Kier alpha value is -0.310. The van der Waals surface area contributed by atoms with E-state index in [0.29, 0.717) is 10.2 Å². The molecule has 0 fully saturated rings. The summed E-state index contributed by atoms with van der Waals surface area (Å²) in [5.74, 6) is 0. The van der Waals surface area contributed by atoms with Gasteiger partial charge >= 0.3 is 0 Å². The van der Waals surface area contributed by atoms with Crippen LogP contribution in [-0.2, 0) is 0 Å². The molecule has 0 saturated heterocycles. The molecule has 0 unspecified atom stereocenters. The number of fused-ring (bicyclic) bond motifs is 1. The first-order valence-corrected chi connectivity index (χ1v) is 5.13. The first-order chi connectivity index (χ1) is 6.20. The predicted octanol–water partition coefficient (Wildman–Crippen LogP) is 4.30. The van der Waals surface area contributed by atoms with Crippen LogP contribution in [0.15, 0.2) is 28.9 Å². The van der Waals surface area contributed by atoms with Crippen LogP contribution < -0.4 is 0 Å². The lowest BCUT2D eigenvalue weighted by molar-refractivity contribution is 1.36. The van der Waals surface area contributed by atoms with Crippen molar-refractivity contribution in [3.05, 3.63) is 39.0 Å². The molecule has 0 aliphatic heterocycles. The fourth-order valence-corrected chi connectivity index (χ4v) is 2.02. The van der Waals surface area contributed by atoms with E-state index in [0.717, 1.165) is 15.2 Å². The van der Waals surface area contributed by atoms with Crippen molar-refractivity contribution in [3.8, 4) is 0 Å². The number of hydrogen-bond acceptors (Lipinski definition) is 1. The van der Waals surface area contributed by atoms with Crippen molar-refractivity contribution in [2.75, 3.05) is 0 Å². The minimum atomic E-state index is 0.495. The van der Waals surface area contributed by atoms with Gasteiger partial charge in [-0.15, -0.1) is 0 Å². The van der Waals surface area contributed by atoms with Gasteiger partial charge in [0.05, 0.1) is 5.02 Å². The molecule has 0 radical (unpaired) electrons. The van der Waals surface area contributed by atoms with Crippen LogP contribution in [0.1, 0.15) is 0 Å². The van der Waals surface area contributed by atoms with Gasteiger partial charge in [-0.2, -0.15) is 0 Å². The number of hydrogen-bond donors (Lipinski definition) is 0. The van der Waals surface area contributed by atoms with Gasteiger partial charge in [-0.05, 0) is 34.1 Å². The van der Waals surface area contributed by atoms with E-state index in [1.54, 1.807) is 12.3 Å². The van der Waals surface area contributed by atoms with Gasteiger partial charge in [0.25, 0.3) is 0 Å². The number of pyridine rings is 1. The molecule has 2 rings (SSSR count). The number of nitrogens with zero attached hydrogens (tertiary/aromatic N) is 1. The topological polar surface area (TPSA) is 12.9 Å². The van der Waals surface area contributed by atoms with E-state index in [4.69, 9.17) is 23.2 Å². The van der Waals surface area contributed by atoms with E-state index in [2.05, 4.69) is 20.9 Å². The van der Waals surface area contributed by atoms with Gasteiger partial charge in [0.2, 0.25) is 0 Å². The number of benzene rings is 1. The molecule has 0 aliphatic rings. The van der Waals surface area contributed by atoms with Crippen molar-refractivity contribution >= 4 is 49.9 Å². The van der Waals surface area contributed by atoms with Crippen LogP contribution in [0.2, 0.25) is 10.2 Å². The summed E-state index contributed by atoms with van der Waals surface area (Å²) >= 11 is 15.2. The second kappa shape index (κ2) is 3.45. The van der Waals surface area contributed by atoms with Crippen LogP contribution in [0, 0.1) is 0 Å². The zero-order valence-electron chi connectivity index (χ0n) is 6.39. The molecular weight excluding hydrogens is 273 g/mol. The van der Waals surface area contributed by atoms with Gasteiger partial charge in [0, 0.05) is 21.4 Å². The van der Waals surface area contributed by atoms with Crippen LogP contribution >= 0.6 is 39.1 Å². The maximum atomic E-state index is 5.93. The lowest BCUT2D eigenvalue weighted by atomic mass is 10.2. The molecule has 2 aromatic rings. The highest BCUT2D eigenvalue weighted by atomic mass is 79.9. The second-order valence-electron chi connectivity index (χ2n) is 2.56. The smallest absolute Gasteiger partial charge is 0.136 e. The van der Waals surface area contributed by atoms with Gasteiger partial charge in [0.1, 0.15) is 5.15 Å². The van der Waals surface area contributed by atoms with Crippen LogP contribution in [0.4, 0.5) is 0 Å². The largest absolute Gasteiger partial charge is 0.244 e. The van der Waals surface area contributed by atoms with E-state index < -0.39 is 0 Å². The lowest BCUT2D eigenvalue weighted by Gasteiger charge is -2.02. The molecule has 66 valence electrons. The van der Waals surface area contributed by atoms with Crippen molar-refractivity contribution in [2.45, 2.75) is 0 Å². The van der Waals surface area contributed by atoms with Gasteiger partial charge < -0.3 is 0 Å². The van der Waals surface area contributed by atoms with E-state index in [1.165, 1.54) is 0 Å². The third kappa shape index (κ3) is 1.54. The van der Waals surface area contributed by atoms with Crippen molar-refractivity contribution in [1.29, 1.82) is 0 Å². The Morgan fingerprint density at radius 3 is 2.62 bits per heavy atom. The first-order valence-electron chi connectivity index (χ1n) is 3.58. The number of aromatic nitrogens is 1. The standard InChI is InChI=1S/C9H4BrCl2N/c10-8-5-3-4-13-9(12)6(5)1-2-7(8)11/h1-4H. The SMILES string of the molecule is Clc1ccc2c(Cl)nccc2c1Br. The Kier molecular flexibility index (Phi) is 2.45. The minimum absolute atomic E-state index is 0.495. The highest BCUT2D eigenvalue weighted by molar-refractivity contribution is 9.10. The summed E-state index contributed by atoms with van der Waals surface area (Å²) in [6.07, 6.45) is 1.66. The van der Waals surface area contributed by atoms with Crippen LogP contribution in [-0.4, -0.2) is 4.98 Å². The molecule has 1 aromatic carbocycles. The molecule has 1 nitrogen and oxygen atoms in total. The summed E-state index contributed by atoms with van der Waals surface area (Å²) < 4.78 is 0.857. The first kappa shape index (κ1) is 9.25. The maximum Gasteiger partial charge on any atom is 0.136 e. The molecule has 0 spiro atoms. The molecule has 0 saturated carbocycles. The third-order valence-electron chi connectivity index (χ3n) is 1.78. The van der Waals surface area contributed by atoms with Crippen molar-refractivity contribution < 1.29 is 0 Å². The molecule has 0 atom stereocenters. The number of rotatable bonds is 0. The molecule has 0 aliphatic carbocycles. The van der Waals surface area contributed by atoms with Crippen molar-refractivity contribution in [2.24, 2.45) is 0 Å². The quantitative estimate of drug-likeness (QED) is 0.654. The monoisotopic (exact) mass is 275 g/mol. The Labute approximate surface area is 93.8 Å². The third-order valence-corrected chi connectivity index (χ3v) is 3.48. The van der Waals surface area contributed by atoms with Gasteiger partial charge in [-0.1, -0.05) is 23.2 Å². The van der Waals surface area contributed by atoms with Crippen LogP contribution in [0.3, 0.4) is 0 Å². The zero-order chi connectivity index (χ0) is 9.42. The summed E-state index contributed by atoms with van der Waals surface area (Å²) in [6, 6.07) is 5.52. The average molecular weight is 277 g/mol. The maximum absolute atomic E-state index is 5.93. The summed E-state index contributed by atoms with van der Waals surface area (Å²) in [6.45, 7) is 0. The van der Waals surface area contributed by atoms with E-state index in [9.17, 15) is 0 Å². The summed E-state index contributed by atoms with van der Waals surface area (Å²) in [4.78, 5) is 3.98. The lowest BCUT2D eigenvalue weighted by Crippen LogP contribution is -1.80. The highest BCUT2D eigenvalue weighted by Gasteiger charge is 2.05. The Morgan fingerprint density at radius 1 is 1.08 bits per heavy atom. The summed E-state index contributed by atoms with van der Waals surface area (Å²) in [5.41, 5.74) is 0. The van der Waals surface area contributed by atoms with Crippen molar-refractivity contribution in [3.63, 3.8) is 0 Å². The second-order valence-corrected chi connectivity index (χ2v) is 4.12. The molecule has 0 bridgehead atoms. The minimum Gasteiger partial charge on any atom is -0.244 e. The zero-order valence-corrected chi connectivity index (χ0v) is 9.49. The predicted molar refractivity (Wildman–Crippen MR) is 59.5 cm³/mol. The van der Waals surface area contributed by atoms with E-state index >= 15 is 0 Å². The van der Waals surface area contributed by atoms with E-state index in [-0.39, 0.29) is 0 Å². The van der Waals surface area contributed by atoms with Crippen LogP contribution in [0.5, 0.6) is 0 Å². The molecule has 4 heteroatoms. The van der Waals surface area contributed by atoms with E-state index in [1.807, 2.05) is 12.1 Å². The van der Waals surface area contributed by atoms with Crippen molar-refractivity contribution in [1.82, 2.24) is 4.98 Å². The van der Waals surface area contributed by atoms with Crippen LogP contribution in [0.25, 0.3) is 10.8 Å². The summed E-state index contributed by atoms with van der Waals surface area (Å²) in [7, 11) is 0.